The molecule has 0 atom stereocenters. The lowest BCUT2D eigenvalue weighted by Gasteiger charge is -2.34. The number of nitrogens with one attached hydrogen (secondary N) is 1. The number of sulfonamides is 1. The Morgan fingerprint density at radius 2 is 2.19 bits per heavy atom. The molecular weight excluding hydrogens is 297 g/mol. The maximum absolute atomic E-state index is 13.2. The Morgan fingerprint density at radius 3 is 2.81 bits per heavy atom. The van der Waals surface area contributed by atoms with Crippen LogP contribution < -0.4 is 4.72 Å². The number of hydrogen-bond acceptors (Lipinski definition) is 4. The minimum Gasteiger partial charge on any atom is -0.384 e. The molecule has 114 valence electrons. The molecule has 1 fully saturated rings. The van der Waals surface area contributed by atoms with Gasteiger partial charge in [0.15, 0.2) is 0 Å². The Bertz CT molecular complexity index is 672. The fraction of sp³-hybridized carbons (Fsp3) is 0.429. The van der Waals surface area contributed by atoms with Crippen molar-refractivity contribution in [2.45, 2.75) is 29.9 Å². The third kappa shape index (κ3) is 3.80. The van der Waals surface area contributed by atoms with Crippen molar-refractivity contribution >= 4 is 10.0 Å². The maximum atomic E-state index is 13.2. The summed E-state index contributed by atoms with van der Waals surface area (Å²) in [7, 11) is -2.20. The van der Waals surface area contributed by atoms with Crippen molar-refractivity contribution in [1.82, 2.24) is 4.72 Å². The summed E-state index contributed by atoms with van der Waals surface area (Å²) < 4.78 is 45.5. The van der Waals surface area contributed by atoms with Gasteiger partial charge in [-0.2, -0.15) is 0 Å². The summed E-state index contributed by atoms with van der Waals surface area (Å²) in [5.41, 5.74) is 0.0270. The normalized spacial score (nSPS) is 21.3. The number of halogens is 1. The van der Waals surface area contributed by atoms with Gasteiger partial charge < -0.3 is 9.84 Å². The van der Waals surface area contributed by atoms with E-state index in [0.29, 0.717) is 12.8 Å². The fourth-order valence-electron chi connectivity index (χ4n) is 2.11. The third-order valence-electron chi connectivity index (χ3n) is 3.28. The van der Waals surface area contributed by atoms with Gasteiger partial charge in [-0.1, -0.05) is 11.8 Å². The van der Waals surface area contributed by atoms with Crippen molar-refractivity contribution in [1.29, 1.82) is 0 Å². The molecule has 0 aliphatic heterocycles. The minimum atomic E-state index is -3.79. The Labute approximate surface area is 123 Å². The van der Waals surface area contributed by atoms with Crippen molar-refractivity contribution < 1.29 is 22.7 Å². The first-order chi connectivity index (χ1) is 9.96. The van der Waals surface area contributed by atoms with Crippen LogP contribution in [0.1, 0.15) is 18.4 Å². The quantitative estimate of drug-likeness (QED) is 0.799. The number of aliphatic hydroxyl groups is 1. The molecule has 2 N–H and O–H groups in total. The van der Waals surface area contributed by atoms with Gasteiger partial charge in [0.05, 0.1) is 11.0 Å². The van der Waals surface area contributed by atoms with E-state index in [4.69, 9.17) is 9.84 Å². The van der Waals surface area contributed by atoms with E-state index in [1.807, 2.05) is 0 Å². The van der Waals surface area contributed by atoms with Gasteiger partial charge in [0.25, 0.3) is 0 Å². The third-order valence-corrected chi connectivity index (χ3v) is 4.86. The van der Waals surface area contributed by atoms with Crippen molar-refractivity contribution in [2.24, 2.45) is 0 Å². The Hall–Kier alpha value is -1.46. The first kappa shape index (κ1) is 15.9. The van der Waals surface area contributed by atoms with Gasteiger partial charge in [-0.25, -0.2) is 17.5 Å². The minimum absolute atomic E-state index is 0.0270. The van der Waals surface area contributed by atoms with Gasteiger partial charge in [-0.15, -0.1) is 0 Å². The molecule has 0 amide bonds. The van der Waals surface area contributed by atoms with Crippen LogP contribution in [0.25, 0.3) is 0 Å². The fourth-order valence-corrected chi connectivity index (χ4v) is 3.51. The first-order valence-electron chi connectivity index (χ1n) is 6.40. The van der Waals surface area contributed by atoms with Crippen LogP contribution in [-0.4, -0.2) is 39.4 Å². The second kappa shape index (κ2) is 6.54. The summed E-state index contributed by atoms with van der Waals surface area (Å²) in [5.74, 6) is 4.20. The molecule has 2 rings (SSSR count). The zero-order chi connectivity index (χ0) is 15.5. The molecule has 0 aromatic heterocycles. The molecule has 0 radical (unpaired) electrons. The van der Waals surface area contributed by atoms with Crippen molar-refractivity contribution in [3.05, 3.63) is 29.6 Å². The number of benzene rings is 1. The van der Waals surface area contributed by atoms with Crippen LogP contribution in [-0.2, 0) is 14.8 Å². The van der Waals surface area contributed by atoms with Gasteiger partial charge in [-0.05, 0) is 31.0 Å². The highest BCUT2D eigenvalue weighted by atomic mass is 32.2. The molecule has 1 aliphatic carbocycles. The Balaban J connectivity index is 2.23. The second-order valence-electron chi connectivity index (χ2n) is 4.75. The van der Waals surface area contributed by atoms with E-state index in [1.165, 1.54) is 6.07 Å². The summed E-state index contributed by atoms with van der Waals surface area (Å²) in [6.07, 6.45) is 1.28. The summed E-state index contributed by atoms with van der Waals surface area (Å²) >= 11 is 0. The topological polar surface area (TPSA) is 75.6 Å². The standard InChI is InChI=1S/C14H16FNO4S/c1-20-13-8-12(9-13)16-21(18,19)14-5-4-11(15)7-10(14)3-2-6-17/h4-5,7,12-13,16-17H,6,8-9H2,1H3. The van der Waals surface area contributed by atoms with Crippen LogP contribution >= 0.6 is 0 Å². The van der Waals surface area contributed by atoms with E-state index in [9.17, 15) is 12.8 Å². The van der Waals surface area contributed by atoms with Crippen LogP contribution in [0.5, 0.6) is 0 Å². The van der Waals surface area contributed by atoms with Gasteiger partial charge in [0.1, 0.15) is 12.4 Å². The molecule has 5 nitrogen and oxygen atoms in total. The van der Waals surface area contributed by atoms with Crippen molar-refractivity contribution in [3.8, 4) is 11.8 Å². The van der Waals surface area contributed by atoms with Gasteiger partial charge in [0, 0.05) is 18.7 Å². The second-order valence-corrected chi connectivity index (χ2v) is 6.43. The van der Waals surface area contributed by atoms with E-state index in [1.54, 1.807) is 7.11 Å². The average Bonchev–Trinajstić information content (AvgIpc) is 2.39. The lowest BCUT2D eigenvalue weighted by atomic mass is 9.90. The Kier molecular flexibility index (Phi) is 4.96. The molecule has 1 aliphatic rings. The number of aliphatic hydroxyl groups excluding tert-OH is 1. The molecule has 21 heavy (non-hydrogen) atoms. The maximum Gasteiger partial charge on any atom is 0.242 e. The predicted molar refractivity (Wildman–Crippen MR) is 74.5 cm³/mol. The molecule has 0 unspecified atom stereocenters. The lowest BCUT2D eigenvalue weighted by molar-refractivity contribution is 0.0236. The highest BCUT2D eigenvalue weighted by Gasteiger charge is 2.33. The van der Waals surface area contributed by atoms with Gasteiger partial charge in [0.2, 0.25) is 10.0 Å². The van der Waals surface area contributed by atoms with Crippen molar-refractivity contribution in [2.75, 3.05) is 13.7 Å². The van der Waals surface area contributed by atoms with Gasteiger partial charge >= 0.3 is 0 Å². The van der Waals surface area contributed by atoms with Crippen LogP contribution in [0.15, 0.2) is 23.1 Å². The van der Waals surface area contributed by atoms with Crippen molar-refractivity contribution in [3.63, 3.8) is 0 Å². The molecule has 7 heteroatoms. The molecule has 1 aromatic rings. The van der Waals surface area contributed by atoms with E-state index in [0.717, 1.165) is 12.1 Å². The smallest absolute Gasteiger partial charge is 0.242 e. The SMILES string of the molecule is COC1CC(NS(=O)(=O)c2ccc(F)cc2C#CCO)C1. The molecule has 1 saturated carbocycles. The summed E-state index contributed by atoms with van der Waals surface area (Å²) in [5, 5.41) is 8.69. The molecule has 0 bridgehead atoms. The number of hydrogen-bond donors (Lipinski definition) is 2. The highest BCUT2D eigenvalue weighted by molar-refractivity contribution is 7.89. The average molecular weight is 313 g/mol. The zero-order valence-corrected chi connectivity index (χ0v) is 12.3. The Morgan fingerprint density at radius 1 is 1.48 bits per heavy atom. The molecular formula is C14H16FNO4S. The number of rotatable bonds is 4. The van der Waals surface area contributed by atoms with Crippen LogP contribution in [0.4, 0.5) is 4.39 Å². The summed E-state index contributed by atoms with van der Waals surface area (Å²) in [4.78, 5) is -0.0919. The first-order valence-corrected chi connectivity index (χ1v) is 7.89. The number of ether oxygens (including phenoxy) is 1. The monoisotopic (exact) mass is 313 g/mol. The van der Waals surface area contributed by atoms with Crippen LogP contribution in [0.2, 0.25) is 0 Å². The summed E-state index contributed by atoms with van der Waals surface area (Å²) in [6, 6.07) is 3.09. The molecule has 0 heterocycles. The lowest BCUT2D eigenvalue weighted by Crippen LogP contribution is -2.47. The summed E-state index contributed by atoms with van der Waals surface area (Å²) in [6.45, 7) is -0.429. The van der Waals surface area contributed by atoms with Gasteiger partial charge in [-0.3, -0.25) is 0 Å². The van der Waals surface area contributed by atoms with E-state index >= 15 is 0 Å². The molecule has 1 aromatic carbocycles. The van der Waals surface area contributed by atoms with E-state index in [2.05, 4.69) is 16.6 Å². The van der Waals surface area contributed by atoms with E-state index in [-0.39, 0.29) is 22.6 Å². The van der Waals surface area contributed by atoms with Crippen LogP contribution in [0, 0.1) is 17.7 Å². The molecule has 0 saturated heterocycles. The predicted octanol–water partition coefficient (Wildman–Crippen LogP) is 0.625. The highest BCUT2D eigenvalue weighted by Crippen LogP contribution is 2.25. The zero-order valence-electron chi connectivity index (χ0n) is 11.5. The van der Waals surface area contributed by atoms with E-state index < -0.39 is 22.4 Å². The van der Waals surface area contributed by atoms with Crippen LogP contribution in [0.3, 0.4) is 0 Å². The molecule has 0 spiro atoms. The largest absolute Gasteiger partial charge is 0.384 e. The number of methoxy groups -OCH3 is 1.